The molecule has 3 aromatic carbocycles. The lowest BCUT2D eigenvalue weighted by Crippen LogP contribution is -2.35. The number of nitrogens with one attached hydrogen (secondary N) is 1. The number of alkyl carbamates (subject to hydrolysis) is 1. The summed E-state index contributed by atoms with van der Waals surface area (Å²) in [5, 5.41) is 20.7. The van der Waals surface area contributed by atoms with Gasteiger partial charge in [0.05, 0.1) is 19.1 Å². The maximum absolute atomic E-state index is 13.3. The second-order valence-electron chi connectivity index (χ2n) is 10.5. The van der Waals surface area contributed by atoms with Gasteiger partial charge in [0.1, 0.15) is 12.4 Å². The molecule has 0 radical (unpaired) electrons. The Morgan fingerprint density at radius 3 is 2.64 bits per heavy atom. The van der Waals surface area contributed by atoms with Crippen molar-refractivity contribution < 1.29 is 34.1 Å². The van der Waals surface area contributed by atoms with E-state index in [1.165, 1.54) is 5.56 Å². The maximum atomic E-state index is 13.3. The number of benzene rings is 3. The van der Waals surface area contributed by atoms with Gasteiger partial charge in [0.25, 0.3) is 0 Å². The Morgan fingerprint density at radius 1 is 1.05 bits per heavy atom. The van der Waals surface area contributed by atoms with Crippen LogP contribution in [0.3, 0.4) is 0 Å². The lowest BCUT2D eigenvalue weighted by molar-refractivity contribution is -0.139. The lowest BCUT2D eigenvalue weighted by atomic mass is 9.91. The van der Waals surface area contributed by atoms with Gasteiger partial charge in [0.2, 0.25) is 5.91 Å². The zero-order valence-electron chi connectivity index (χ0n) is 24.1. The van der Waals surface area contributed by atoms with Crippen molar-refractivity contribution in [1.29, 1.82) is 0 Å². The van der Waals surface area contributed by atoms with Gasteiger partial charge in [-0.2, -0.15) is 0 Å². The van der Waals surface area contributed by atoms with Crippen molar-refractivity contribution in [2.45, 2.75) is 58.7 Å². The first kappa shape index (κ1) is 30.6. The average molecular weight is 575 g/mol. The number of ether oxygens (including phenoxy) is 2. The van der Waals surface area contributed by atoms with Gasteiger partial charge in [-0.05, 0) is 84.7 Å². The van der Waals surface area contributed by atoms with Gasteiger partial charge in [-0.25, -0.2) is 4.79 Å². The van der Waals surface area contributed by atoms with Crippen LogP contribution in [0.25, 0.3) is 11.1 Å². The lowest BCUT2D eigenvalue weighted by Gasteiger charge is -2.31. The summed E-state index contributed by atoms with van der Waals surface area (Å²) < 4.78 is 11.2. The Kier molecular flexibility index (Phi) is 10.6. The molecule has 1 atom stereocenters. The first-order valence-electron chi connectivity index (χ1n) is 14.2. The quantitative estimate of drug-likeness (QED) is 0.255. The summed E-state index contributed by atoms with van der Waals surface area (Å²) in [5.74, 6) is -0.207. The third-order valence-corrected chi connectivity index (χ3v) is 7.40. The molecule has 0 aliphatic carbocycles. The number of carbonyl (C=O) groups excluding carboxylic acids is 2. The number of aryl methyl sites for hydroxylation is 1. The molecule has 3 N–H and O–H groups in total. The van der Waals surface area contributed by atoms with Crippen LogP contribution in [0.1, 0.15) is 47.9 Å². The number of hydrogen-bond acceptors (Lipinski definition) is 6. The van der Waals surface area contributed by atoms with Gasteiger partial charge in [-0.3, -0.25) is 9.59 Å². The molecule has 4 rings (SSSR count). The Hall–Kier alpha value is -4.37. The van der Waals surface area contributed by atoms with E-state index in [9.17, 15) is 19.5 Å². The number of carbonyl (C=O) groups is 3. The summed E-state index contributed by atoms with van der Waals surface area (Å²) in [6, 6.07) is 19.7. The van der Waals surface area contributed by atoms with E-state index in [4.69, 9.17) is 14.6 Å². The first-order chi connectivity index (χ1) is 20.2. The highest BCUT2D eigenvalue weighted by atomic mass is 16.5. The smallest absolute Gasteiger partial charge is 0.407 e. The minimum atomic E-state index is -1.19. The van der Waals surface area contributed by atoms with Crippen LogP contribution in [-0.4, -0.2) is 54.0 Å². The molecule has 2 amide bonds. The molecular weight excluding hydrogens is 536 g/mol. The summed E-state index contributed by atoms with van der Waals surface area (Å²) in [5.41, 5.74) is 7.12. The van der Waals surface area contributed by atoms with Crippen LogP contribution in [0.2, 0.25) is 0 Å². The molecule has 3 aromatic rings. The minimum absolute atomic E-state index is 0.0124. The molecule has 0 aromatic heterocycles. The topological polar surface area (TPSA) is 125 Å². The number of amides is 2. The Balaban J connectivity index is 1.36. The SMILES string of the molecule is Cc1cccc(OCCCC(=O)N2CCCc3c(-c4cccc(COC(=O)NC[C@@H](O)CC(=O)O)c4)cccc32)c1C. The third-order valence-electron chi connectivity index (χ3n) is 7.40. The van der Waals surface area contributed by atoms with E-state index in [2.05, 4.69) is 18.3 Å². The molecule has 0 unspecified atom stereocenters. The molecule has 9 heteroatoms. The third kappa shape index (κ3) is 8.10. The number of hydrogen-bond donors (Lipinski definition) is 3. The van der Waals surface area contributed by atoms with Crippen LogP contribution in [0.15, 0.2) is 60.7 Å². The molecule has 0 fully saturated rings. The Morgan fingerprint density at radius 2 is 1.83 bits per heavy atom. The number of rotatable bonds is 12. The van der Waals surface area contributed by atoms with Crippen molar-refractivity contribution in [3.63, 3.8) is 0 Å². The molecule has 9 nitrogen and oxygen atoms in total. The Bertz CT molecular complexity index is 1420. The van der Waals surface area contributed by atoms with Crippen molar-refractivity contribution in [2.75, 3.05) is 24.6 Å². The fourth-order valence-electron chi connectivity index (χ4n) is 5.08. The van der Waals surface area contributed by atoms with Crippen LogP contribution in [0.5, 0.6) is 5.75 Å². The van der Waals surface area contributed by atoms with Crippen LogP contribution in [-0.2, 0) is 27.4 Å². The standard InChI is InChI=1S/C33H38N2O7/c1-22-8-3-14-30(23(22)2)41-17-7-15-31(37)35-16-6-12-28-27(11-5-13-29(28)35)25-10-4-9-24(18-25)21-42-33(40)34-20-26(36)19-32(38)39/h3-5,8-11,13-14,18,26,36H,6-7,12,15-17,19-21H2,1-2H3,(H,34,40)(H,38,39)/t26-/m0/s1. The predicted octanol–water partition coefficient (Wildman–Crippen LogP) is 5.17. The molecule has 1 aliphatic heterocycles. The summed E-state index contributed by atoms with van der Waals surface area (Å²) in [4.78, 5) is 37.8. The monoisotopic (exact) mass is 574 g/mol. The largest absolute Gasteiger partial charge is 0.493 e. The second kappa shape index (κ2) is 14.5. The normalized spacial score (nSPS) is 13.2. The maximum Gasteiger partial charge on any atom is 0.407 e. The van der Waals surface area contributed by atoms with Crippen molar-refractivity contribution in [3.8, 4) is 16.9 Å². The summed E-state index contributed by atoms with van der Waals surface area (Å²) in [6.07, 6.45) is 0.358. The van der Waals surface area contributed by atoms with E-state index in [1.807, 2.05) is 66.4 Å². The van der Waals surface area contributed by atoms with Gasteiger partial charge in [0.15, 0.2) is 0 Å². The van der Waals surface area contributed by atoms with Crippen LogP contribution in [0.4, 0.5) is 10.5 Å². The first-order valence-corrected chi connectivity index (χ1v) is 14.2. The number of anilines is 1. The number of aliphatic carboxylic acids is 1. The molecule has 0 spiro atoms. The highest BCUT2D eigenvalue weighted by Gasteiger charge is 2.24. The zero-order chi connectivity index (χ0) is 30.1. The van der Waals surface area contributed by atoms with Gasteiger partial charge in [-0.15, -0.1) is 0 Å². The van der Waals surface area contributed by atoms with E-state index < -0.39 is 24.6 Å². The molecule has 42 heavy (non-hydrogen) atoms. The van der Waals surface area contributed by atoms with E-state index in [-0.39, 0.29) is 19.1 Å². The molecule has 222 valence electrons. The fourth-order valence-corrected chi connectivity index (χ4v) is 5.08. The molecule has 1 heterocycles. The summed E-state index contributed by atoms with van der Waals surface area (Å²) in [6.45, 7) is 5.05. The molecule has 0 saturated heterocycles. The number of aliphatic hydroxyl groups is 1. The van der Waals surface area contributed by atoms with E-state index in [0.29, 0.717) is 26.0 Å². The van der Waals surface area contributed by atoms with Crippen molar-refractivity contribution in [1.82, 2.24) is 5.32 Å². The highest BCUT2D eigenvalue weighted by Crippen LogP contribution is 2.36. The van der Waals surface area contributed by atoms with Crippen LogP contribution < -0.4 is 15.0 Å². The fraction of sp³-hybridized carbons (Fsp3) is 0.364. The van der Waals surface area contributed by atoms with Crippen molar-refractivity contribution in [2.24, 2.45) is 0 Å². The van der Waals surface area contributed by atoms with Crippen molar-refractivity contribution in [3.05, 3.63) is 82.9 Å². The van der Waals surface area contributed by atoms with Crippen LogP contribution in [0, 0.1) is 13.8 Å². The molecule has 1 aliphatic rings. The van der Waals surface area contributed by atoms with Gasteiger partial charge >= 0.3 is 12.1 Å². The van der Waals surface area contributed by atoms with E-state index in [0.717, 1.165) is 52.1 Å². The highest BCUT2D eigenvalue weighted by molar-refractivity contribution is 5.96. The van der Waals surface area contributed by atoms with E-state index in [1.54, 1.807) is 0 Å². The van der Waals surface area contributed by atoms with Gasteiger partial charge in [0, 0.05) is 25.2 Å². The summed E-state index contributed by atoms with van der Waals surface area (Å²) in [7, 11) is 0. The molecule has 0 saturated carbocycles. The van der Waals surface area contributed by atoms with Gasteiger partial charge < -0.3 is 29.9 Å². The average Bonchev–Trinajstić information content (AvgIpc) is 2.98. The van der Waals surface area contributed by atoms with Crippen molar-refractivity contribution >= 4 is 23.7 Å². The Labute approximate surface area is 246 Å². The minimum Gasteiger partial charge on any atom is -0.493 e. The predicted molar refractivity (Wildman–Crippen MR) is 160 cm³/mol. The number of fused-ring (bicyclic) bond motifs is 1. The van der Waals surface area contributed by atoms with E-state index >= 15 is 0 Å². The number of nitrogens with zero attached hydrogens (tertiary/aromatic N) is 1. The number of carboxylic acid groups (broad SMARTS) is 1. The summed E-state index contributed by atoms with van der Waals surface area (Å²) >= 11 is 0. The number of aliphatic hydroxyl groups excluding tert-OH is 1. The molecule has 0 bridgehead atoms. The second-order valence-corrected chi connectivity index (χ2v) is 10.5. The van der Waals surface area contributed by atoms with Crippen LogP contribution >= 0.6 is 0 Å². The zero-order valence-corrected chi connectivity index (χ0v) is 24.1. The van der Waals surface area contributed by atoms with Gasteiger partial charge in [-0.1, -0.05) is 42.5 Å². The molecular formula is C33H38N2O7. The number of carboxylic acids is 1.